The van der Waals surface area contributed by atoms with E-state index >= 15 is 0 Å². The van der Waals surface area contributed by atoms with Gasteiger partial charge in [0.2, 0.25) is 5.91 Å². The predicted molar refractivity (Wildman–Crippen MR) is 313 cm³/mol. The van der Waals surface area contributed by atoms with Crippen molar-refractivity contribution in [3.63, 3.8) is 0 Å². The smallest absolute Gasteiger partial charge is 0.406 e. The zero-order valence-corrected chi connectivity index (χ0v) is 47.8. The molecule has 2 aliphatic rings. The fourth-order valence-corrected chi connectivity index (χ4v) is 9.84. The molecule has 6 aromatic rings. The average molecular weight is 1140 g/mol. The van der Waals surface area contributed by atoms with E-state index in [1.54, 1.807) is 74.6 Å². The molecule has 0 unspecified atom stereocenters. The van der Waals surface area contributed by atoms with Gasteiger partial charge in [0.1, 0.15) is 30.1 Å². The van der Waals surface area contributed by atoms with E-state index in [1.807, 2.05) is 37.5 Å². The largest absolute Gasteiger partial charge is 0.496 e. The molecule has 5 heterocycles. The van der Waals surface area contributed by atoms with E-state index in [2.05, 4.69) is 59.8 Å². The van der Waals surface area contributed by atoms with Gasteiger partial charge in [-0.1, -0.05) is 12.0 Å². The first-order valence-corrected chi connectivity index (χ1v) is 27.5. The van der Waals surface area contributed by atoms with E-state index in [0.29, 0.717) is 92.9 Å². The third-order valence-electron chi connectivity index (χ3n) is 14.2. The van der Waals surface area contributed by atoms with E-state index in [9.17, 15) is 27.6 Å². The fourth-order valence-electron chi connectivity index (χ4n) is 9.84. The van der Waals surface area contributed by atoms with Crippen LogP contribution in [0, 0.1) is 11.8 Å². The van der Waals surface area contributed by atoms with Crippen molar-refractivity contribution in [3.05, 3.63) is 106 Å². The molecular weight excluding hydrogens is 1060 g/mol. The molecule has 0 saturated carbocycles. The third-order valence-corrected chi connectivity index (χ3v) is 14.2. The van der Waals surface area contributed by atoms with Crippen molar-refractivity contribution in [2.45, 2.75) is 38.1 Å². The summed E-state index contributed by atoms with van der Waals surface area (Å²) in [5.74, 6) is 7.75. The summed E-state index contributed by atoms with van der Waals surface area (Å²) in [4.78, 5) is 47.1. The molecule has 442 valence electrons. The molecule has 4 N–H and O–H groups in total. The molecule has 0 spiro atoms. The second kappa shape index (κ2) is 31.3. The van der Waals surface area contributed by atoms with Crippen LogP contribution in [0.5, 0.6) is 17.2 Å². The number of methoxy groups -OCH3 is 3. The number of carbonyl (C=O) groups excluding carboxylic acids is 2. The summed E-state index contributed by atoms with van der Waals surface area (Å²) in [6, 6.07) is 18.2. The van der Waals surface area contributed by atoms with Crippen LogP contribution in [0.15, 0.2) is 84.0 Å². The van der Waals surface area contributed by atoms with Crippen molar-refractivity contribution < 1.29 is 51.2 Å². The third kappa shape index (κ3) is 17.9. The summed E-state index contributed by atoms with van der Waals surface area (Å²) in [6.07, 6.45) is 3.43. The Hall–Kier alpha value is -7.23. The number of fused-ring (bicyclic) bond motifs is 2. The van der Waals surface area contributed by atoms with Gasteiger partial charge in [0.05, 0.1) is 102 Å². The minimum Gasteiger partial charge on any atom is -0.496 e. The number of amides is 1. The van der Waals surface area contributed by atoms with Gasteiger partial charge in [-0.05, 0) is 111 Å². The molecule has 2 aliphatic heterocycles. The van der Waals surface area contributed by atoms with Crippen LogP contribution >= 0.6 is 0 Å². The molecule has 2 saturated heterocycles. The number of hydrogen-bond acceptors (Lipinski definition) is 16. The number of halogens is 3. The Morgan fingerprint density at radius 2 is 1.45 bits per heavy atom. The number of aryl methyl sites for hydroxylation is 1. The second-order valence-electron chi connectivity index (χ2n) is 20.0. The highest BCUT2D eigenvalue weighted by molar-refractivity contribution is 5.96. The molecule has 1 amide bonds. The minimum atomic E-state index is -4.38. The zero-order chi connectivity index (χ0) is 58.4. The Kier molecular flexibility index (Phi) is 23.8. The van der Waals surface area contributed by atoms with Crippen molar-refractivity contribution in [1.29, 1.82) is 0 Å². The average Bonchev–Trinajstić information content (AvgIpc) is 3.75. The number of hydrogen-bond donors (Lipinski definition) is 4. The van der Waals surface area contributed by atoms with Crippen LogP contribution in [-0.4, -0.2) is 194 Å². The fraction of sp³-hybridized carbons (Fsp3) is 0.467. The highest BCUT2D eigenvalue weighted by Crippen LogP contribution is 2.38. The molecule has 22 heteroatoms. The van der Waals surface area contributed by atoms with Crippen molar-refractivity contribution in [2.75, 3.05) is 151 Å². The topological polar surface area (TPSA) is 187 Å². The van der Waals surface area contributed by atoms with E-state index in [0.717, 1.165) is 110 Å². The summed E-state index contributed by atoms with van der Waals surface area (Å²) in [6.45, 7) is 9.70. The summed E-state index contributed by atoms with van der Waals surface area (Å²) >= 11 is 0. The van der Waals surface area contributed by atoms with Gasteiger partial charge in [-0.3, -0.25) is 29.2 Å². The standard InChI is InChI=1S/C33H48N6O7.C27H29F3N4O2/c1-34-7-13-44-15-17-46-18-16-45-14-8-36-32(40)24-39-11-9-38(10-12-39)23-29-30(42-3)19-25(20-31(29)43-4)28-22-37(2)33(41)27-21-35-6-5-26(27)28;1-33-13-10-20(11-14-33)32-23-6-3-7-25-22(23)16-21(34(25)18-27(28,29)30)5-4-12-31-24-9-8-19(17-35)15-26(24)36-2/h5-6,19-22,34H,7-18,23-24H2,1-4H3,(H,36,40);3,6-9,15-17,20,31-32H,10-14,18H2,1-2H3. The highest BCUT2D eigenvalue weighted by atomic mass is 19.4. The molecule has 0 atom stereocenters. The molecule has 2 fully saturated rings. The van der Waals surface area contributed by atoms with Gasteiger partial charge in [-0.2, -0.15) is 13.2 Å². The summed E-state index contributed by atoms with van der Waals surface area (Å²) in [5.41, 5.74) is 5.38. The maximum absolute atomic E-state index is 13.5. The SMILES string of the molecule is CNCCOCCOCCOCCNC(=O)CN1CCN(Cc2c(OC)cc(-c3cn(C)c(=O)c4cnccc34)cc2OC)CC1.COc1cc(C=O)ccc1NCC#Cc1cc2c(NC3CCN(C)CC3)cccc2n1CC(F)(F)F. The Labute approximate surface area is 477 Å². The lowest BCUT2D eigenvalue weighted by Crippen LogP contribution is -2.49. The van der Waals surface area contributed by atoms with Crippen molar-refractivity contribution in [3.8, 4) is 40.2 Å². The van der Waals surface area contributed by atoms with Crippen molar-refractivity contribution >= 4 is 45.2 Å². The van der Waals surface area contributed by atoms with Crippen molar-refractivity contribution in [2.24, 2.45) is 7.05 Å². The Morgan fingerprint density at radius 1 is 0.780 bits per heavy atom. The lowest BCUT2D eigenvalue weighted by Gasteiger charge is -2.34. The molecule has 0 bridgehead atoms. The summed E-state index contributed by atoms with van der Waals surface area (Å²) in [7, 11) is 10.5. The number of rotatable bonds is 26. The number of aldehydes is 1. The summed E-state index contributed by atoms with van der Waals surface area (Å²) in [5, 5.41) is 14.7. The van der Waals surface area contributed by atoms with Crippen LogP contribution < -0.4 is 41.0 Å². The van der Waals surface area contributed by atoms with Crippen LogP contribution in [0.4, 0.5) is 24.5 Å². The number of piperidine rings is 1. The number of pyridine rings is 2. The number of aromatic nitrogens is 3. The summed E-state index contributed by atoms with van der Waals surface area (Å²) < 4.78 is 76.5. The van der Waals surface area contributed by atoms with Gasteiger partial charge in [-0.15, -0.1) is 0 Å². The Balaban J connectivity index is 0.000000243. The molecule has 3 aromatic heterocycles. The number of carbonyl (C=O) groups is 2. The van der Waals surface area contributed by atoms with Gasteiger partial charge in [-0.25, -0.2) is 0 Å². The second-order valence-corrected chi connectivity index (χ2v) is 20.0. The maximum atomic E-state index is 13.5. The molecule has 3 aromatic carbocycles. The highest BCUT2D eigenvalue weighted by Gasteiger charge is 2.30. The number of piperazine rings is 1. The number of likely N-dealkylation sites (N-methyl/N-ethyl adjacent to an activating group) is 1. The molecule has 82 heavy (non-hydrogen) atoms. The molecule has 8 rings (SSSR count). The molecule has 0 aliphatic carbocycles. The lowest BCUT2D eigenvalue weighted by molar-refractivity contribution is -0.140. The Morgan fingerprint density at radius 3 is 2.11 bits per heavy atom. The van der Waals surface area contributed by atoms with Gasteiger partial charge >= 0.3 is 6.18 Å². The lowest BCUT2D eigenvalue weighted by atomic mass is 9.99. The van der Waals surface area contributed by atoms with Crippen molar-refractivity contribution in [1.82, 2.24) is 39.5 Å². The van der Waals surface area contributed by atoms with E-state index in [1.165, 1.54) is 11.7 Å². The molecular formula is C60H77F3N10O9. The minimum absolute atomic E-state index is 0.00679. The van der Waals surface area contributed by atoms with Crippen LogP contribution in [0.25, 0.3) is 32.8 Å². The van der Waals surface area contributed by atoms with E-state index in [4.69, 9.17) is 28.4 Å². The van der Waals surface area contributed by atoms with Gasteiger partial charge < -0.3 is 63.7 Å². The predicted octanol–water partition coefficient (Wildman–Crippen LogP) is 6.12. The maximum Gasteiger partial charge on any atom is 0.406 e. The molecule has 19 nitrogen and oxygen atoms in total. The number of ether oxygens (including phenoxy) is 6. The number of nitrogens with zero attached hydrogens (tertiary/aromatic N) is 6. The van der Waals surface area contributed by atoms with Gasteiger partial charge in [0, 0.05) is 99.7 Å². The van der Waals surface area contributed by atoms with Crippen LogP contribution in [0.1, 0.15) is 34.5 Å². The van der Waals surface area contributed by atoms with E-state index in [-0.39, 0.29) is 24.1 Å². The normalized spacial score (nSPS) is 14.4. The van der Waals surface area contributed by atoms with Gasteiger partial charge in [0.15, 0.2) is 0 Å². The number of nitrogens with one attached hydrogen (secondary N) is 4. The van der Waals surface area contributed by atoms with Crippen LogP contribution in [-0.2, 0) is 39.1 Å². The van der Waals surface area contributed by atoms with Gasteiger partial charge in [0.25, 0.3) is 5.56 Å². The van der Waals surface area contributed by atoms with E-state index < -0.39 is 12.7 Å². The van der Waals surface area contributed by atoms with Crippen LogP contribution in [0.2, 0.25) is 0 Å². The first-order chi connectivity index (χ1) is 39.7. The Bertz CT molecular complexity index is 3140. The monoisotopic (exact) mass is 1140 g/mol. The first-order valence-electron chi connectivity index (χ1n) is 27.5. The van der Waals surface area contributed by atoms with Crippen LogP contribution in [0.3, 0.4) is 0 Å². The molecule has 0 radical (unpaired) electrons. The number of alkyl halides is 3. The zero-order valence-electron chi connectivity index (χ0n) is 47.8. The number of likely N-dealkylation sites (tertiary alicyclic amines) is 1. The quantitative estimate of drug-likeness (QED) is 0.0277. The first kappa shape index (κ1) is 62.4. The number of anilines is 2. The number of benzene rings is 3.